The fraction of sp³-hybridized carbons (Fsp3) is 0.812. The van der Waals surface area contributed by atoms with Gasteiger partial charge in [-0.05, 0) is 50.3 Å². The number of nitrogens with zero attached hydrogens (tertiary/aromatic N) is 3. The Balaban J connectivity index is 1.77. The molecule has 19 heavy (non-hydrogen) atoms. The predicted molar refractivity (Wildman–Crippen MR) is 80.3 cm³/mol. The fourth-order valence-electron chi connectivity index (χ4n) is 3.04. The quantitative estimate of drug-likeness (QED) is 0.703. The van der Waals surface area contributed by atoms with Crippen LogP contribution < -0.4 is 0 Å². The highest BCUT2D eigenvalue weighted by atomic mass is 15.3. The maximum absolute atomic E-state index is 4.48. The van der Waals surface area contributed by atoms with Crippen molar-refractivity contribution in [3.63, 3.8) is 0 Å². The number of aryl methyl sites for hydroxylation is 1. The number of piperidine rings is 1. The van der Waals surface area contributed by atoms with Crippen LogP contribution in [0.25, 0.3) is 0 Å². The molecule has 1 aromatic heterocycles. The van der Waals surface area contributed by atoms with Gasteiger partial charge in [-0.1, -0.05) is 26.7 Å². The van der Waals surface area contributed by atoms with Crippen molar-refractivity contribution in [2.75, 3.05) is 19.6 Å². The fourth-order valence-corrected chi connectivity index (χ4v) is 3.04. The Kier molecular flexibility index (Phi) is 5.90. The molecule has 1 saturated heterocycles. The molecule has 2 rings (SSSR count). The van der Waals surface area contributed by atoms with Gasteiger partial charge in [0.05, 0.1) is 6.20 Å². The molecule has 0 spiro atoms. The SMILES string of the molecule is CCCCCN1CCC[C@@H](Cn2cc(CC)cn2)C1. The van der Waals surface area contributed by atoms with Gasteiger partial charge in [-0.3, -0.25) is 4.68 Å². The minimum atomic E-state index is 0.792. The lowest BCUT2D eigenvalue weighted by Crippen LogP contribution is -2.37. The van der Waals surface area contributed by atoms with Gasteiger partial charge < -0.3 is 4.90 Å². The second-order valence-electron chi connectivity index (χ2n) is 5.94. The van der Waals surface area contributed by atoms with Crippen LogP contribution in [0.4, 0.5) is 0 Å². The Morgan fingerprint density at radius 3 is 2.95 bits per heavy atom. The highest BCUT2D eigenvalue weighted by Crippen LogP contribution is 2.19. The summed E-state index contributed by atoms with van der Waals surface area (Å²) in [5.41, 5.74) is 1.36. The Bertz CT molecular complexity index is 359. The van der Waals surface area contributed by atoms with Crippen molar-refractivity contribution < 1.29 is 0 Å². The molecule has 0 N–H and O–H groups in total. The third-order valence-electron chi connectivity index (χ3n) is 4.22. The van der Waals surface area contributed by atoms with Gasteiger partial charge in [0, 0.05) is 19.3 Å². The first kappa shape index (κ1) is 14.6. The first-order valence-electron chi connectivity index (χ1n) is 8.05. The summed E-state index contributed by atoms with van der Waals surface area (Å²) in [6.45, 7) is 9.44. The van der Waals surface area contributed by atoms with Crippen LogP contribution in [0.2, 0.25) is 0 Å². The molecule has 0 bridgehead atoms. The van der Waals surface area contributed by atoms with E-state index < -0.39 is 0 Å². The molecule has 108 valence electrons. The first-order valence-corrected chi connectivity index (χ1v) is 8.05. The summed E-state index contributed by atoms with van der Waals surface area (Å²) >= 11 is 0. The topological polar surface area (TPSA) is 21.1 Å². The van der Waals surface area contributed by atoms with Gasteiger partial charge in [-0.2, -0.15) is 5.10 Å². The molecule has 0 amide bonds. The number of unbranched alkanes of at least 4 members (excludes halogenated alkanes) is 2. The molecular weight excluding hydrogens is 234 g/mol. The largest absolute Gasteiger partial charge is 0.303 e. The van der Waals surface area contributed by atoms with E-state index in [1.807, 2.05) is 6.20 Å². The summed E-state index contributed by atoms with van der Waals surface area (Å²) in [7, 11) is 0. The van der Waals surface area contributed by atoms with E-state index in [1.54, 1.807) is 0 Å². The molecule has 0 radical (unpaired) electrons. The summed E-state index contributed by atoms with van der Waals surface area (Å²) in [4.78, 5) is 2.66. The van der Waals surface area contributed by atoms with Crippen LogP contribution in [0, 0.1) is 5.92 Å². The van der Waals surface area contributed by atoms with E-state index >= 15 is 0 Å². The maximum Gasteiger partial charge on any atom is 0.0521 e. The van der Waals surface area contributed by atoms with E-state index in [-0.39, 0.29) is 0 Å². The average Bonchev–Trinajstić information content (AvgIpc) is 2.87. The zero-order valence-corrected chi connectivity index (χ0v) is 12.6. The van der Waals surface area contributed by atoms with Crippen molar-refractivity contribution in [3.8, 4) is 0 Å². The smallest absolute Gasteiger partial charge is 0.0521 e. The van der Waals surface area contributed by atoms with E-state index in [2.05, 4.69) is 34.7 Å². The first-order chi connectivity index (χ1) is 9.31. The molecule has 3 nitrogen and oxygen atoms in total. The minimum absolute atomic E-state index is 0.792. The molecule has 0 aromatic carbocycles. The minimum Gasteiger partial charge on any atom is -0.303 e. The number of hydrogen-bond acceptors (Lipinski definition) is 2. The Morgan fingerprint density at radius 2 is 2.21 bits per heavy atom. The lowest BCUT2D eigenvalue weighted by Gasteiger charge is -2.32. The molecule has 0 aliphatic carbocycles. The summed E-state index contributed by atoms with van der Waals surface area (Å²) in [5.74, 6) is 0.792. The Hall–Kier alpha value is -0.830. The van der Waals surface area contributed by atoms with Crippen molar-refractivity contribution in [2.45, 2.75) is 58.9 Å². The van der Waals surface area contributed by atoms with Gasteiger partial charge in [0.15, 0.2) is 0 Å². The third kappa shape index (κ3) is 4.64. The van der Waals surface area contributed by atoms with Crippen LogP contribution in [-0.2, 0) is 13.0 Å². The maximum atomic E-state index is 4.48. The zero-order chi connectivity index (χ0) is 13.5. The molecule has 2 heterocycles. The van der Waals surface area contributed by atoms with Crippen LogP contribution >= 0.6 is 0 Å². The molecule has 3 heteroatoms. The van der Waals surface area contributed by atoms with Gasteiger partial charge in [0.2, 0.25) is 0 Å². The van der Waals surface area contributed by atoms with Crippen molar-refractivity contribution in [3.05, 3.63) is 18.0 Å². The summed E-state index contributed by atoms with van der Waals surface area (Å²) < 4.78 is 2.15. The summed E-state index contributed by atoms with van der Waals surface area (Å²) in [6, 6.07) is 0. The van der Waals surface area contributed by atoms with Crippen LogP contribution in [0.15, 0.2) is 12.4 Å². The molecule has 0 saturated carbocycles. The molecule has 1 aliphatic heterocycles. The second kappa shape index (κ2) is 7.68. The van der Waals surface area contributed by atoms with Crippen molar-refractivity contribution in [2.24, 2.45) is 5.92 Å². The second-order valence-corrected chi connectivity index (χ2v) is 5.94. The highest BCUT2D eigenvalue weighted by Gasteiger charge is 2.20. The zero-order valence-electron chi connectivity index (χ0n) is 12.6. The van der Waals surface area contributed by atoms with Crippen molar-refractivity contribution in [1.82, 2.24) is 14.7 Å². The van der Waals surface area contributed by atoms with E-state index in [0.29, 0.717) is 0 Å². The number of likely N-dealkylation sites (tertiary alicyclic amines) is 1. The van der Waals surface area contributed by atoms with Gasteiger partial charge >= 0.3 is 0 Å². The molecule has 1 aromatic rings. The van der Waals surface area contributed by atoms with E-state index in [9.17, 15) is 0 Å². The molecule has 1 atom stereocenters. The van der Waals surface area contributed by atoms with Gasteiger partial charge in [0.1, 0.15) is 0 Å². The summed E-state index contributed by atoms with van der Waals surface area (Å²) in [6.07, 6.45) is 12.1. The van der Waals surface area contributed by atoms with Gasteiger partial charge in [-0.25, -0.2) is 0 Å². The van der Waals surface area contributed by atoms with E-state index in [1.165, 1.54) is 57.3 Å². The normalized spacial score (nSPS) is 20.8. The number of hydrogen-bond donors (Lipinski definition) is 0. The van der Waals surface area contributed by atoms with Crippen LogP contribution in [-0.4, -0.2) is 34.3 Å². The Labute approximate surface area is 118 Å². The molecule has 1 fully saturated rings. The third-order valence-corrected chi connectivity index (χ3v) is 4.22. The van der Waals surface area contributed by atoms with Crippen LogP contribution in [0.1, 0.15) is 51.5 Å². The lowest BCUT2D eigenvalue weighted by atomic mass is 9.98. The average molecular weight is 263 g/mol. The number of aromatic nitrogens is 2. The highest BCUT2D eigenvalue weighted by molar-refractivity contribution is 5.02. The Morgan fingerprint density at radius 1 is 1.32 bits per heavy atom. The standard InChI is InChI=1S/C16H29N3/c1-3-5-6-9-18-10-7-8-16(12-18)14-19-13-15(4-2)11-17-19/h11,13,16H,3-10,12,14H2,1-2H3/t16-/m1/s1. The van der Waals surface area contributed by atoms with Crippen LogP contribution in [0.5, 0.6) is 0 Å². The van der Waals surface area contributed by atoms with E-state index in [0.717, 1.165) is 18.9 Å². The van der Waals surface area contributed by atoms with Crippen molar-refractivity contribution in [1.29, 1.82) is 0 Å². The van der Waals surface area contributed by atoms with Crippen molar-refractivity contribution >= 4 is 0 Å². The lowest BCUT2D eigenvalue weighted by molar-refractivity contribution is 0.157. The van der Waals surface area contributed by atoms with Crippen LogP contribution in [0.3, 0.4) is 0 Å². The monoisotopic (exact) mass is 263 g/mol. The molecule has 1 aliphatic rings. The summed E-state index contributed by atoms with van der Waals surface area (Å²) in [5, 5.41) is 4.48. The predicted octanol–water partition coefficient (Wildman–Crippen LogP) is 3.35. The van der Waals surface area contributed by atoms with Gasteiger partial charge in [0.25, 0.3) is 0 Å². The van der Waals surface area contributed by atoms with Gasteiger partial charge in [-0.15, -0.1) is 0 Å². The number of rotatable bonds is 7. The molecule has 0 unspecified atom stereocenters. The molecular formula is C16H29N3. The van der Waals surface area contributed by atoms with E-state index in [4.69, 9.17) is 0 Å².